The van der Waals surface area contributed by atoms with E-state index in [1.807, 2.05) is 21.3 Å². The standard InChI is InChI=1S/C27H25OS2.3C4H9.Sn/c1-13-10-15-16(22-20(13)25-18(27(22,5)6)11-14(2)30-25)12-19(28-7)21-23(15)26(3,4)17-8-9-29-24(17)21;3*1-3-4-2;/h8,10-12H,1-7H3;3*1,3-4H2,2H3;. The van der Waals surface area contributed by atoms with E-state index in [0.717, 1.165) is 5.75 Å². The Kier molecular flexibility index (Phi) is 8.47. The number of hydrogen-bond donors (Lipinski definition) is 0. The monoisotopic (exact) mass is 720 g/mol. The number of thiophene rings is 2. The average molecular weight is 720 g/mol. The van der Waals surface area contributed by atoms with Crippen LogP contribution in [0.1, 0.15) is 120 Å². The van der Waals surface area contributed by atoms with Gasteiger partial charge in [-0.2, -0.15) is 0 Å². The van der Waals surface area contributed by atoms with E-state index in [4.69, 9.17) is 4.74 Å². The molecule has 0 N–H and O–H groups in total. The summed E-state index contributed by atoms with van der Waals surface area (Å²) >= 11 is 1.61. The van der Waals surface area contributed by atoms with Crippen molar-refractivity contribution in [3.63, 3.8) is 0 Å². The molecule has 2 aromatic heterocycles. The van der Waals surface area contributed by atoms with Crippen molar-refractivity contribution in [1.29, 1.82) is 0 Å². The Hall–Kier alpha value is -1.30. The molecule has 0 aliphatic heterocycles. The summed E-state index contributed by atoms with van der Waals surface area (Å²) in [7, 11) is 1.90. The second kappa shape index (κ2) is 11.5. The van der Waals surface area contributed by atoms with Crippen LogP contribution in [0.25, 0.3) is 31.7 Å². The quantitative estimate of drug-likeness (QED) is 0.140. The third-order valence-electron chi connectivity index (χ3n) is 11.0. The number of rotatable bonds is 11. The first kappa shape index (κ1) is 31.7. The zero-order chi connectivity index (χ0) is 30.9. The van der Waals surface area contributed by atoms with Gasteiger partial charge in [-0.15, -0.1) is 0 Å². The van der Waals surface area contributed by atoms with Gasteiger partial charge in [-0.05, 0) is 6.92 Å². The molecule has 1 nitrogen and oxygen atoms in total. The van der Waals surface area contributed by atoms with Gasteiger partial charge in [0.2, 0.25) is 0 Å². The van der Waals surface area contributed by atoms with Gasteiger partial charge in [-0.25, -0.2) is 0 Å². The summed E-state index contributed by atoms with van der Waals surface area (Å²) in [4.78, 5) is 4.41. The number of hydrogen-bond acceptors (Lipinski definition) is 3. The predicted octanol–water partition coefficient (Wildman–Crippen LogP) is 12.3. The second-order valence-corrected chi connectivity index (χ2v) is 31.1. The van der Waals surface area contributed by atoms with Crippen molar-refractivity contribution in [3.8, 4) is 26.6 Å². The topological polar surface area (TPSA) is 9.23 Å². The van der Waals surface area contributed by atoms with Gasteiger partial charge >= 0.3 is 268 Å². The van der Waals surface area contributed by atoms with Crippen LogP contribution in [0, 0.1) is 13.8 Å². The van der Waals surface area contributed by atoms with Crippen molar-refractivity contribution in [2.45, 2.75) is 125 Å². The normalized spacial score (nSPS) is 16.0. The molecular weight excluding hydrogens is 667 g/mol. The van der Waals surface area contributed by atoms with E-state index < -0.39 is 18.4 Å². The molecule has 0 amide bonds. The fourth-order valence-electron chi connectivity index (χ4n) is 8.65. The van der Waals surface area contributed by atoms with E-state index in [1.54, 1.807) is 5.56 Å². The molecule has 4 heteroatoms. The van der Waals surface area contributed by atoms with Crippen LogP contribution in [0.4, 0.5) is 0 Å². The molecule has 0 fully saturated rings. The van der Waals surface area contributed by atoms with Gasteiger partial charge in [0.05, 0.1) is 0 Å². The molecular formula is C39H52OS2Sn. The van der Waals surface area contributed by atoms with Gasteiger partial charge in [-0.3, -0.25) is 0 Å². The van der Waals surface area contributed by atoms with E-state index in [9.17, 15) is 0 Å². The van der Waals surface area contributed by atoms with Crippen molar-refractivity contribution >= 4 is 54.7 Å². The van der Waals surface area contributed by atoms with Crippen LogP contribution >= 0.6 is 22.7 Å². The molecule has 230 valence electrons. The van der Waals surface area contributed by atoms with E-state index in [-0.39, 0.29) is 10.8 Å². The summed E-state index contributed by atoms with van der Waals surface area (Å²) in [6.07, 6.45) is 8.19. The Bertz CT molecular complexity index is 1680. The molecule has 2 heterocycles. The SMILES string of the molecule is CCC[CH2][Sn]([CH2]CCC)([CH2]CCC)[c]1cc2c(s1)-c1c(OC)cc3c4c(c(C)cc3c1C2(C)C)-c1sc(C)cc1C4(C)C. The average Bonchev–Trinajstić information content (AvgIpc) is 3.69. The summed E-state index contributed by atoms with van der Waals surface area (Å²) < 4.78 is 12.8. The molecule has 6 rings (SSSR count). The number of methoxy groups -OCH3 is 1. The van der Waals surface area contributed by atoms with Crippen molar-refractivity contribution in [1.82, 2.24) is 0 Å². The number of aryl methyl sites for hydroxylation is 2. The molecule has 0 atom stereocenters. The van der Waals surface area contributed by atoms with Crippen molar-refractivity contribution < 1.29 is 4.74 Å². The molecule has 2 aliphatic carbocycles. The van der Waals surface area contributed by atoms with Gasteiger partial charge in [0.15, 0.2) is 0 Å². The Morgan fingerprint density at radius 1 is 0.674 bits per heavy atom. The molecule has 0 unspecified atom stereocenters. The summed E-state index contributed by atoms with van der Waals surface area (Å²) in [5.74, 6) is 1.08. The number of ether oxygens (including phenoxy) is 1. The maximum absolute atomic E-state index is 6.37. The third kappa shape index (κ3) is 4.71. The fraction of sp³-hybridized carbons (Fsp3) is 0.538. The predicted molar refractivity (Wildman–Crippen MR) is 195 cm³/mol. The molecule has 0 spiro atoms. The number of fused-ring (bicyclic) bond motifs is 9. The molecule has 0 bridgehead atoms. The van der Waals surface area contributed by atoms with Crippen LogP contribution in [0.15, 0.2) is 24.3 Å². The van der Waals surface area contributed by atoms with Crippen LogP contribution in [-0.4, -0.2) is 25.5 Å². The van der Waals surface area contributed by atoms with E-state index >= 15 is 0 Å². The summed E-state index contributed by atoms with van der Waals surface area (Å²) in [5.41, 5.74) is 10.3. The Balaban J connectivity index is 1.60. The van der Waals surface area contributed by atoms with Crippen LogP contribution < -0.4 is 7.63 Å². The Labute approximate surface area is 273 Å². The minimum atomic E-state index is -2.56. The minimum absolute atomic E-state index is 0.0222. The molecule has 2 aliphatic rings. The van der Waals surface area contributed by atoms with Gasteiger partial charge < -0.3 is 0 Å². The van der Waals surface area contributed by atoms with Crippen LogP contribution in [0.2, 0.25) is 13.3 Å². The molecule has 0 saturated heterocycles. The van der Waals surface area contributed by atoms with Gasteiger partial charge in [0.1, 0.15) is 0 Å². The van der Waals surface area contributed by atoms with Crippen molar-refractivity contribution in [2.75, 3.05) is 7.11 Å². The van der Waals surface area contributed by atoms with Gasteiger partial charge in [-0.1, -0.05) is 0 Å². The van der Waals surface area contributed by atoms with E-state index in [0.29, 0.717) is 0 Å². The van der Waals surface area contributed by atoms with E-state index in [2.05, 4.69) is 97.9 Å². The Morgan fingerprint density at radius 3 is 1.74 bits per heavy atom. The third-order valence-corrected chi connectivity index (χ3v) is 31.4. The molecule has 0 saturated carbocycles. The first-order chi connectivity index (χ1) is 20.5. The maximum atomic E-state index is 6.37. The van der Waals surface area contributed by atoms with Crippen molar-refractivity contribution in [3.05, 3.63) is 57.0 Å². The number of unbranched alkanes of at least 4 members (excludes halogenated alkanes) is 3. The first-order valence-electron chi connectivity index (χ1n) is 16.9. The van der Waals surface area contributed by atoms with Crippen LogP contribution in [0.5, 0.6) is 5.75 Å². The fourth-order valence-corrected chi connectivity index (χ4v) is 30.4. The zero-order valence-corrected chi connectivity index (χ0v) is 32.9. The first-order valence-corrected chi connectivity index (χ1v) is 26.0. The van der Waals surface area contributed by atoms with Gasteiger partial charge in [0, 0.05) is 0 Å². The van der Waals surface area contributed by atoms with E-state index in [1.165, 1.54) is 111 Å². The van der Waals surface area contributed by atoms with Gasteiger partial charge in [0.25, 0.3) is 0 Å². The second-order valence-electron chi connectivity index (χ2n) is 14.7. The summed E-state index contributed by atoms with van der Waals surface area (Å²) in [5, 5.41) is 2.84. The molecule has 0 radical (unpaired) electrons. The van der Waals surface area contributed by atoms with Crippen LogP contribution in [0.3, 0.4) is 0 Å². The molecule has 4 aromatic rings. The molecule has 2 aromatic carbocycles. The van der Waals surface area contributed by atoms with Crippen molar-refractivity contribution in [2.24, 2.45) is 0 Å². The molecule has 43 heavy (non-hydrogen) atoms. The van der Waals surface area contributed by atoms with Crippen LogP contribution in [-0.2, 0) is 10.8 Å². The zero-order valence-electron chi connectivity index (χ0n) is 28.4. The summed E-state index contributed by atoms with van der Waals surface area (Å²) in [6.45, 7) is 21.7. The summed E-state index contributed by atoms with van der Waals surface area (Å²) in [6, 6.07) is 10.1. The number of benzene rings is 2. The Morgan fingerprint density at radius 2 is 1.19 bits per heavy atom.